The first-order chi connectivity index (χ1) is 11.3. The molecule has 1 aromatic carbocycles. The summed E-state index contributed by atoms with van der Waals surface area (Å²) in [6.45, 7) is 3.39. The molecule has 0 bridgehead atoms. The van der Waals surface area contributed by atoms with Crippen molar-refractivity contribution in [3.63, 3.8) is 0 Å². The lowest BCUT2D eigenvalue weighted by atomic mass is 10.1. The van der Waals surface area contributed by atoms with Crippen LogP contribution in [0.3, 0.4) is 0 Å². The minimum atomic E-state index is -0.951. The fourth-order valence-corrected chi connectivity index (χ4v) is 2.25. The molecule has 1 amide bonds. The Kier molecular flexibility index (Phi) is 5.18. The molecule has 8 heteroatoms. The van der Waals surface area contributed by atoms with E-state index in [-0.39, 0.29) is 18.1 Å². The van der Waals surface area contributed by atoms with E-state index >= 15 is 0 Å². The van der Waals surface area contributed by atoms with E-state index < -0.39 is 11.9 Å². The summed E-state index contributed by atoms with van der Waals surface area (Å²) >= 11 is 0. The van der Waals surface area contributed by atoms with Gasteiger partial charge in [0.15, 0.2) is 5.69 Å². The van der Waals surface area contributed by atoms with E-state index in [4.69, 9.17) is 9.84 Å². The number of carbonyl (C=O) groups is 2. The van der Waals surface area contributed by atoms with Crippen LogP contribution in [0, 0.1) is 12.8 Å². The Balaban J connectivity index is 2.22. The Bertz CT molecular complexity index is 739. The fourth-order valence-electron chi connectivity index (χ4n) is 2.25. The van der Waals surface area contributed by atoms with Crippen LogP contribution in [0.2, 0.25) is 0 Å². The topological polar surface area (TPSA) is 97.5 Å². The Morgan fingerprint density at radius 2 is 1.96 bits per heavy atom. The Morgan fingerprint density at radius 3 is 2.50 bits per heavy atom. The van der Waals surface area contributed by atoms with E-state index in [0.29, 0.717) is 5.69 Å². The highest BCUT2D eigenvalue weighted by Gasteiger charge is 2.23. The van der Waals surface area contributed by atoms with Crippen molar-refractivity contribution >= 4 is 11.9 Å². The van der Waals surface area contributed by atoms with Crippen LogP contribution in [-0.4, -0.2) is 57.6 Å². The molecule has 1 heterocycles. The standard InChI is InChI=1S/C16H20N4O4/c1-10(16(22)23)9-19(3)15(21)14-11(2)20(18-17-14)12-5-7-13(24-4)8-6-12/h5-8,10H,9H2,1-4H3,(H,22,23). The predicted octanol–water partition coefficient (Wildman–Crippen LogP) is 1.38. The van der Waals surface area contributed by atoms with Crippen LogP contribution in [0.1, 0.15) is 23.1 Å². The van der Waals surface area contributed by atoms with E-state index in [9.17, 15) is 9.59 Å². The van der Waals surface area contributed by atoms with Gasteiger partial charge in [-0.25, -0.2) is 4.68 Å². The van der Waals surface area contributed by atoms with Crippen molar-refractivity contribution in [1.29, 1.82) is 0 Å². The van der Waals surface area contributed by atoms with Crippen LogP contribution in [-0.2, 0) is 4.79 Å². The van der Waals surface area contributed by atoms with Gasteiger partial charge in [0.2, 0.25) is 0 Å². The predicted molar refractivity (Wildman–Crippen MR) is 86.4 cm³/mol. The van der Waals surface area contributed by atoms with E-state index in [0.717, 1.165) is 11.4 Å². The Morgan fingerprint density at radius 1 is 1.33 bits per heavy atom. The third kappa shape index (κ3) is 3.53. The van der Waals surface area contributed by atoms with E-state index in [1.54, 1.807) is 44.8 Å². The zero-order valence-electron chi connectivity index (χ0n) is 14.1. The average molecular weight is 332 g/mol. The molecule has 2 rings (SSSR count). The molecular weight excluding hydrogens is 312 g/mol. The first-order valence-electron chi connectivity index (χ1n) is 7.40. The lowest BCUT2D eigenvalue weighted by Gasteiger charge is -2.18. The summed E-state index contributed by atoms with van der Waals surface area (Å²) in [6, 6.07) is 7.20. The van der Waals surface area contributed by atoms with Gasteiger partial charge in [-0.15, -0.1) is 5.10 Å². The smallest absolute Gasteiger partial charge is 0.308 e. The molecule has 0 aliphatic heterocycles. The first-order valence-corrected chi connectivity index (χ1v) is 7.40. The molecule has 0 aliphatic carbocycles. The largest absolute Gasteiger partial charge is 0.497 e. The van der Waals surface area contributed by atoms with Crippen molar-refractivity contribution in [2.75, 3.05) is 20.7 Å². The van der Waals surface area contributed by atoms with Crippen LogP contribution < -0.4 is 4.74 Å². The van der Waals surface area contributed by atoms with Crippen molar-refractivity contribution in [3.05, 3.63) is 35.7 Å². The summed E-state index contributed by atoms with van der Waals surface area (Å²) in [5.74, 6) is -1.25. The monoisotopic (exact) mass is 332 g/mol. The van der Waals surface area contributed by atoms with Gasteiger partial charge in [0, 0.05) is 13.6 Å². The number of hydrogen-bond acceptors (Lipinski definition) is 5. The third-order valence-corrected chi connectivity index (χ3v) is 3.73. The maximum atomic E-state index is 12.5. The van der Waals surface area contributed by atoms with Gasteiger partial charge in [-0.05, 0) is 31.2 Å². The van der Waals surface area contributed by atoms with Gasteiger partial charge in [0.1, 0.15) is 5.75 Å². The second-order valence-corrected chi connectivity index (χ2v) is 5.56. The molecule has 1 atom stereocenters. The van der Waals surface area contributed by atoms with Gasteiger partial charge in [0.05, 0.1) is 24.4 Å². The van der Waals surface area contributed by atoms with Gasteiger partial charge in [-0.1, -0.05) is 12.1 Å². The number of nitrogens with zero attached hydrogens (tertiary/aromatic N) is 4. The molecule has 0 spiro atoms. The molecule has 128 valence electrons. The molecule has 0 saturated heterocycles. The fraction of sp³-hybridized carbons (Fsp3) is 0.375. The highest BCUT2D eigenvalue weighted by molar-refractivity contribution is 5.93. The normalized spacial score (nSPS) is 11.8. The molecule has 1 aromatic heterocycles. The number of hydrogen-bond donors (Lipinski definition) is 1. The number of rotatable bonds is 6. The van der Waals surface area contributed by atoms with Crippen molar-refractivity contribution < 1.29 is 19.4 Å². The quantitative estimate of drug-likeness (QED) is 0.858. The van der Waals surface area contributed by atoms with E-state index in [2.05, 4.69) is 10.3 Å². The van der Waals surface area contributed by atoms with Crippen molar-refractivity contribution in [1.82, 2.24) is 19.9 Å². The summed E-state index contributed by atoms with van der Waals surface area (Å²) in [6.07, 6.45) is 0. The van der Waals surface area contributed by atoms with Gasteiger partial charge in [-0.2, -0.15) is 0 Å². The van der Waals surface area contributed by atoms with Gasteiger partial charge < -0.3 is 14.7 Å². The Labute approximate surface area is 139 Å². The molecular formula is C16H20N4O4. The minimum Gasteiger partial charge on any atom is -0.497 e. The number of carbonyl (C=O) groups excluding carboxylic acids is 1. The zero-order valence-corrected chi connectivity index (χ0v) is 14.1. The van der Waals surface area contributed by atoms with Gasteiger partial charge in [-0.3, -0.25) is 9.59 Å². The molecule has 24 heavy (non-hydrogen) atoms. The van der Waals surface area contributed by atoms with Crippen molar-refractivity contribution in [2.24, 2.45) is 5.92 Å². The molecule has 1 unspecified atom stereocenters. The van der Waals surface area contributed by atoms with Crippen LogP contribution >= 0.6 is 0 Å². The van der Waals surface area contributed by atoms with Gasteiger partial charge in [0.25, 0.3) is 5.91 Å². The number of methoxy groups -OCH3 is 1. The molecule has 8 nitrogen and oxygen atoms in total. The van der Waals surface area contributed by atoms with E-state index in [1.807, 2.05) is 12.1 Å². The number of amides is 1. The summed E-state index contributed by atoms with van der Waals surface area (Å²) in [7, 11) is 3.13. The minimum absolute atomic E-state index is 0.100. The molecule has 0 aliphatic rings. The maximum Gasteiger partial charge on any atom is 0.308 e. The highest BCUT2D eigenvalue weighted by Crippen LogP contribution is 2.17. The summed E-state index contributed by atoms with van der Waals surface area (Å²) in [5.41, 5.74) is 1.53. The Hall–Kier alpha value is -2.90. The lowest BCUT2D eigenvalue weighted by molar-refractivity contribution is -0.141. The van der Waals surface area contributed by atoms with Crippen LogP contribution in [0.4, 0.5) is 0 Å². The van der Waals surface area contributed by atoms with Crippen LogP contribution in [0.5, 0.6) is 5.75 Å². The van der Waals surface area contributed by atoms with Gasteiger partial charge >= 0.3 is 5.97 Å². The SMILES string of the molecule is COc1ccc(-n2nnc(C(=O)N(C)CC(C)C(=O)O)c2C)cc1. The number of ether oxygens (including phenoxy) is 1. The number of carboxylic acid groups (broad SMARTS) is 1. The summed E-state index contributed by atoms with van der Waals surface area (Å²) in [5, 5.41) is 16.9. The van der Waals surface area contributed by atoms with Crippen LogP contribution in [0.25, 0.3) is 5.69 Å². The number of benzene rings is 1. The average Bonchev–Trinajstić information content (AvgIpc) is 2.95. The number of carboxylic acids is 1. The second kappa shape index (κ2) is 7.12. The van der Waals surface area contributed by atoms with E-state index in [1.165, 1.54) is 4.90 Å². The number of aromatic nitrogens is 3. The first kappa shape index (κ1) is 17.5. The maximum absolute atomic E-state index is 12.5. The van der Waals surface area contributed by atoms with Crippen molar-refractivity contribution in [3.8, 4) is 11.4 Å². The summed E-state index contributed by atoms with van der Waals surface area (Å²) < 4.78 is 6.67. The third-order valence-electron chi connectivity index (χ3n) is 3.73. The molecule has 0 saturated carbocycles. The molecule has 2 aromatic rings. The summed E-state index contributed by atoms with van der Waals surface area (Å²) in [4.78, 5) is 24.7. The molecule has 0 radical (unpaired) electrons. The lowest BCUT2D eigenvalue weighted by Crippen LogP contribution is -2.34. The molecule has 1 N–H and O–H groups in total. The zero-order chi connectivity index (χ0) is 17.9. The molecule has 0 fully saturated rings. The van der Waals surface area contributed by atoms with Crippen LogP contribution in [0.15, 0.2) is 24.3 Å². The van der Waals surface area contributed by atoms with Crippen molar-refractivity contribution in [2.45, 2.75) is 13.8 Å². The second-order valence-electron chi connectivity index (χ2n) is 5.56. The number of aliphatic carboxylic acids is 1. The highest BCUT2D eigenvalue weighted by atomic mass is 16.5.